The largest absolute Gasteiger partial charge is 0.480 e. The number of amides is 1. The zero-order valence-electron chi connectivity index (χ0n) is 10.1. The number of aliphatic hydroxyl groups excluding tert-OH is 1. The molecule has 104 valence electrons. The summed E-state index contributed by atoms with van der Waals surface area (Å²) in [6.07, 6.45) is -0.145. The molecule has 1 amide bonds. The van der Waals surface area contributed by atoms with Crippen molar-refractivity contribution in [2.24, 2.45) is 7.05 Å². The summed E-state index contributed by atoms with van der Waals surface area (Å²) < 4.78 is 1.05. The summed E-state index contributed by atoms with van der Waals surface area (Å²) in [4.78, 5) is 32.6. The minimum Gasteiger partial charge on any atom is -0.480 e. The molecule has 9 heteroatoms. The number of aliphatic hydroxyl groups is 1. The molecule has 0 aliphatic rings. The molecule has 1 unspecified atom stereocenters. The lowest BCUT2D eigenvalue weighted by Crippen LogP contribution is -2.42. The molecule has 0 bridgehead atoms. The maximum absolute atomic E-state index is 11.8. The first-order valence-corrected chi connectivity index (χ1v) is 5.33. The van der Waals surface area contributed by atoms with Crippen LogP contribution < -0.4 is 5.32 Å². The number of nitrogens with one attached hydrogen (secondary N) is 1. The maximum atomic E-state index is 11.8. The van der Waals surface area contributed by atoms with Gasteiger partial charge >= 0.3 is 11.8 Å². The van der Waals surface area contributed by atoms with Gasteiger partial charge < -0.3 is 25.6 Å². The van der Waals surface area contributed by atoms with Crippen molar-refractivity contribution in [1.29, 1.82) is 0 Å². The third-order valence-electron chi connectivity index (χ3n) is 2.54. The number of nitrogens with zero attached hydrogens (tertiary/aromatic N) is 2. The van der Waals surface area contributed by atoms with E-state index in [9.17, 15) is 19.7 Å². The van der Waals surface area contributed by atoms with Crippen LogP contribution in [-0.2, 0) is 11.8 Å². The molecule has 0 aliphatic carbocycles. The first-order valence-electron chi connectivity index (χ1n) is 5.33. The van der Waals surface area contributed by atoms with Crippen LogP contribution in [-0.4, -0.2) is 44.2 Å². The Hall–Kier alpha value is -2.42. The van der Waals surface area contributed by atoms with E-state index in [2.05, 4.69) is 5.32 Å². The summed E-state index contributed by atoms with van der Waals surface area (Å²) in [6, 6.07) is 1.13. The number of hydrogen-bond donors (Lipinski definition) is 3. The van der Waals surface area contributed by atoms with Crippen molar-refractivity contribution in [2.45, 2.75) is 12.5 Å². The van der Waals surface area contributed by atoms with Crippen molar-refractivity contribution in [1.82, 2.24) is 9.88 Å². The van der Waals surface area contributed by atoms with Gasteiger partial charge in [0, 0.05) is 19.1 Å². The van der Waals surface area contributed by atoms with Gasteiger partial charge in [0.15, 0.2) is 5.69 Å². The van der Waals surface area contributed by atoms with Crippen LogP contribution >= 0.6 is 0 Å². The molecule has 3 N–H and O–H groups in total. The molecule has 19 heavy (non-hydrogen) atoms. The van der Waals surface area contributed by atoms with E-state index < -0.39 is 29.4 Å². The van der Waals surface area contributed by atoms with E-state index in [0.29, 0.717) is 0 Å². The van der Waals surface area contributed by atoms with Gasteiger partial charge in [0.05, 0.1) is 7.05 Å². The summed E-state index contributed by atoms with van der Waals surface area (Å²) in [7, 11) is 1.33. The number of hydrogen-bond acceptors (Lipinski definition) is 5. The van der Waals surface area contributed by atoms with E-state index >= 15 is 0 Å². The number of nitro groups is 1. The Morgan fingerprint density at radius 3 is 2.58 bits per heavy atom. The van der Waals surface area contributed by atoms with Gasteiger partial charge in [-0.2, -0.15) is 0 Å². The maximum Gasteiger partial charge on any atom is 0.326 e. The lowest BCUT2D eigenvalue weighted by molar-refractivity contribution is -0.391. The van der Waals surface area contributed by atoms with Crippen molar-refractivity contribution in [3.8, 4) is 0 Å². The minimum absolute atomic E-state index is 0.0316. The highest BCUT2D eigenvalue weighted by Gasteiger charge is 2.25. The number of carboxylic acids is 1. The number of rotatable bonds is 6. The highest BCUT2D eigenvalue weighted by atomic mass is 16.6. The first-order chi connectivity index (χ1) is 8.88. The average Bonchev–Trinajstić information content (AvgIpc) is 2.70. The van der Waals surface area contributed by atoms with Crippen molar-refractivity contribution in [3.05, 3.63) is 27.9 Å². The average molecular weight is 271 g/mol. The summed E-state index contributed by atoms with van der Waals surface area (Å²) >= 11 is 0. The lowest BCUT2D eigenvalue weighted by atomic mass is 10.2. The molecule has 1 heterocycles. The number of aliphatic carboxylic acids is 1. The smallest absolute Gasteiger partial charge is 0.326 e. The zero-order chi connectivity index (χ0) is 14.6. The molecule has 0 radical (unpaired) electrons. The molecule has 1 aromatic rings. The van der Waals surface area contributed by atoms with E-state index in [1.807, 2.05) is 0 Å². The molecule has 9 nitrogen and oxygen atoms in total. The second-order valence-corrected chi connectivity index (χ2v) is 3.77. The third-order valence-corrected chi connectivity index (χ3v) is 2.54. The monoisotopic (exact) mass is 271 g/mol. The fourth-order valence-electron chi connectivity index (χ4n) is 1.53. The number of carbonyl (C=O) groups is 2. The van der Waals surface area contributed by atoms with Crippen molar-refractivity contribution in [3.63, 3.8) is 0 Å². The van der Waals surface area contributed by atoms with Gasteiger partial charge in [-0.15, -0.1) is 0 Å². The van der Waals surface area contributed by atoms with Crippen LogP contribution in [0.25, 0.3) is 0 Å². The molecule has 0 saturated heterocycles. The summed E-state index contributed by atoms with van der Waals surface area (Å²) in [5.41, 5.74) is -0.0316. The molecular formula is C10H13N3O6. The van der Waals surface area contributed by atoms with Gasteiger partial charge in [-0.25, -0.2) is 9.36 Å². The van der Waals surface area contributed by atoms with E-state index in [4.69, 9.17) is 10.2 Å². The van der Waals surface area contributed by atoms with Gasteiger partial charge in [0.25, 0.3) is 5.91 Å². The Kier molecular flexibility index (Phi) is 4.59. The van der Waals surface area contributed by atoms with Gasteiger partial charge in [0.1, 0.15) is 6.04 Å². The molecule has 1 aromatic heterocycles. The summed E-state index contributed by atoms with van der Waals surface area (Å²) in [5.74, 6) is -2.32. The molecule has 0 aliphatic heterocycles. The molecule has 0 saturated carbocycles. The van der Waals surface area contributed by atoms with Crippen molar-refractivity contribution in [2.75, 3.05) is 6.61 Å². The van der Waals surface area contributed by atoms with E-state index in [-0.39, 0.29) is 17.9 Å². The molecule has 0 aromatic carbocycles. The highest BCUT2D eigenvalue weighted by molar-refractivity contribution is 5.95. The predicted molar refractivity (Wildman–Crippen MR) is 62.7 cm³/mol. The van der Waals surface area contributed by atoms with Crippen molar-refractivity contribution >= 4 is 17.7 Å². The van der Waals surface area contributed by atoms with Crippen LogP contribution in [0.15, 0.2) is 12.1 Å². The van der Waals surface area contributed by atoms with Gasteiger partial charge in [-0.3, -0.25) is 4.79 Å². The standard InChI is InChI=1S/C10H13N3O6/c1-12-7(2-3-8(12)13(18)19)9(15)11-6(4-5-14)10(16)17/h2-3,6,14H,4-5H2,1H3,(H,11,15)(H,16,17). The second kappa shape index (κ2) is 5.96. The van der Waals surface area contributed by atoms with Crippen LogP contribution in [0.3, 0.4) is 0 Å². The van der Waals surface area contributed by atoms with Crippen LogP contribution in [0.1, 0.15) is 16.9 Å². The number of carboxylic acid groups (broad SMARTS) is 1. The normalized spacial score (nSPS) is 11.9. The van der Waals surface area contributed by atoms with Crippen LogP contribution in [0.5, 0.6) is 0 Å². The van der Waals surface area contributed by atoms with E-state index in [1.165, 1.54) is 13.1 Å². The number of carbonyl (C=O) groups excluding carboxylic acids is 1. The van der Waals surface area contributed by atoms with Crippen molar-refractivity contribution < 1.29 is 24.7 Å². The Morgan fingerprint density at radius 1 is 1.53 bits per heavy atom. The molecule has 0 spiro atoms. The second-order valence-electron chi connectivity index (χ2n) is 3.77. The van der Waals surface area contributed by atoms with Gasteiger partial charge in [-0.05, 0) is 11.0 Å². The van der Waals surface area contributed by atoms with E-state index in [1.54, 1.807) is 0 Å². The van der Waals surface area contributed by atoms with Crippen LogP contribution in [0, 0.1) is 10.1 Å². The first kappa shape index (κ1) is 14.6. The Labute approximate surface area is 107 Å². The Balaban J connectivity index is 2.89. The summed E-state index contributed by atoms with van der Waals surface area (Å²) in [5, 5.41) is 30.3. The van der Waals surface area contributed by atoms with Crippen LogP contribution in [0.4, 0.5) is 5.82 Å². The molecule has 1 rings (SSSR count). The summed E-state index contributed by atoms with van der Waals surface area (Å²) in [6.45, 7) is -0.398. The van der Waals surface area contributed by atoms with E-state index in [0.717, 1.165) is 10.6 Å². The fraction of sp³-hybridized carbons (Fsp3) is 0.400. The quantitative estimate of drug-likeness (QED) is 0.471. The molecule has 1 atom stereocenters. The third kappa shape index (κ3) is 3.28. The molecule has 0 fully saturated rings. The number of aromatic nitrogens is 1. The minimum atomic E-state index is -1.29. The molecular weight excluding hydrogens is 258 g/mol. The Bertz CT molecular complexity index is 509. The predicted octanol–water partition coefficient (Wildman–Crippen LogP) is -0.501. The zero-order valence-corrected chi connectivity index (χ0v) is 10.1. The highest BCUT2D eigenvalue weighted by Crippen LogP contribution is 2.15. The lowest BCUT2D eigenvalue weighted by Gasteiger charge is -2.12. The Morgan fingerprint density at radius 2 is 2.16 bits per heavy atom. The van der Waals surface area contributed by atoms with Crippen LogP contribution in [0.2, 0.25) is 0 Å². The fourth-order valence-corrected chi connectivity index (χ4v) is 1.53. The SMILES string of the molecule is Cn1c(C(=O)NC(CCO)C(=O)O)ccc1[N+](=O)[O-]. The van der Waals surface area contributed by atoms with Gasteiger partial charge in [-0.1, -0.05) is 0 Å². The topological polar surface area (TPSA) is 135 Å². The van der Waals surface area contributed by atoms with Gasteiger partial charge in [0.2, 0.25) is 0 Å².